The van der Waals surface area contributed by atoms with Gasteiger partial charge in [-0.05, 0) is 31.4 Å². The summed E-state index contributed by atoms with van der Waals surface area (Å²) in [6.45, 7) is 5.69. The molecular formula is C18H24N4O. The summed E-state index contributed by atoms with van der Waals surface area (Å²) < 4.78 is 0. The van der Waals surface area contributed by atoms with Gasteiger partial charge in [-0.25, -0.2) is 4.98 Å². The van der Waals surface area contributed by atoms with E-state index in [1.807, 2.05) is 18.2 Å². The number of rotatable bonds is 4. The molecule has 2 atom stereocenters. The summed E-state index contributed by atoms with van der Waals surface area (Å²) in [7, 11) is 0. The van der Waals surface area contributed by atoms with E-state index >= 15 is 0 Å². The smallest absolute Gasteiger partial charge is 0.227 e. The molecule has 0 unspecified atom stereocenters. The Kier molecular flexibility index (Phi) is 3.81. The number of carbonyl (C=O) groups excluding carboxylic acids is 1. The Morgan fingerprint density at radius 2 is 2.13 bits per heavy atom. The van der Waals surface area contributed by atoms with Gasteiger partial charge in [-0.3, -0.25) is 9.69 Å². The number of carbonyl (C=O) groups is 1. The molecule has 5 nitrogen and oxygen atoms in total. The molecule has 2 aromatic rings. The molecule has 3 fully saturated rings. The van der Waals surface area contributed by atoms with Gasteiger partial charge in [0.15, 0.2) is 0 Å². The SMILES string of the molecule is CCCN1C(=O)[C@H]2CC[C@@H]1CN(Cc1nc3ccccc3[nH]1)C2. The normalized spacial score (nSPS) is 25.3. The number of nitrogens with one attached hydrogen (secondary N) is 1. The lowest BCUT2D eigenvalue weighted by atomic mass is 9.94. The molecule has 1 aromatic heterocycles. The Labute approximate surface area is 136 Å². The molecule has 2 bridgehead atoms. The van der Waals surface area contributed by atoms with Crippen molar-refractivity contribution in [3.8, 4) is 0 Å². The van der Waals surface area contributed by atoms with E-state index in [1.54, 1.807) is 0 Å². The number of fused-ring (bicyclic) bond motifs is 5. The van der Waals surface area contributed by atoms with Crippen LogP contribution in [0.5, 0.6) is 0 Å². The average Bonchev–Trinajstić information content (AvgIpc) is 2.78. The molecule has 1 amide bonds. The summed E-state index contributed by atoms with van der Waals surface area (Å²) in [6, 6.07) is 8.52. The van der Waals surface area contributed by atoms with Crippen molar-refractivity contribution in [1.29, 1.82) is 0 Å². The van der Waals surface area contributed by atoms with Gasteiger partial charge in [-0.1, -0.05) is 19.1 Å². The second-order valence-corrected chi connectivity index (χ2v) is 6.85. The van der Waals surface area contributed by atoms with Crippen LogP contribution >= 0.6 is 0 Å². The summed E-state index contributed by atoms with van der Waals surface area (Å²) in [5.74, 6) is 1.54. The number of aromatic amines is 1. The third kappa shape index (κ3) is 2.74. The Hall–Kier alpha value is -1.88. The molecule has 122 valence electrons. The Morgan fingerprint density at radius 3 is 2.96 bits per heavy atom. The van der Waals surface area contributed by atoms with Crippen LogP contribution in [0.25, 0.3) is 11.0 Å². The van der Waals surface area contributed by atoms with Crippen molar-refractivity contribution in [2.75, 3.05) is 19.6 Å². The van der Waals surface area contributed by atoms with Crippen LogP contribution in [0.4, 0.5) is 0 Å². The van der Waals surface area contributed by atoms with Gasteiger partial charge in [0.25, 0.3) is 0 Å². The number of amides is 1. The quantitative estimate of drug-likeness (QED) is 0.943. The highest BCUT2D eigenvalue weighted by Gasteiger charge is 2.40. The van der Waals surface area contributed by atoms with Crippen LogP contribution in [0.1, 0.15) is 32.0 Å². The van der Waals surface area contributed by atoms with Crippen molar-refractivity contribution in [1.82, 2.24) is 19.8 Å². The van der Waals surface area contributed by atoms with Crippen LogP contribution in [0, 0.1) is 5.92 Å². The molecule has 3 aliphatic heterocycles. The van der Waals surface area contributed by atoms with E-state index in [-0.39, 0.29) is 5.92 Å². The van der Waals surface area contributed by atoms with Gasteiger partial charge in [0.05, 0.1) is 23.5 Å². The zero-order chi connectivity index (χ0) is 15.8. The first-order valence-corrected chi connectivity index (χ1v) is 8.71. The van der Waals surface area contributed by atoms with Crippen molar-refractivity contribution in [2.45, 2.75) is 38.8 Å². The lowest BCUT2D eigenvalue weighted by Gasteiger charge is -2.35. The van der Waals surface area contributed by atoms with Crippen molar-refractivity contribution < 1.29 is 4.79 Å². The molecule has 23 heavy (non-hydrogen) atoms. The number of hydrogen-bond acceptors (Lipinski definition) is 3. The predicted octanol–water partition coefficient (Wildman–Crippen LogP) is 2.40. The first-order chi connectivity index (χ1) is 11.2. The lowest BCUT2D eigenvalue weighted by molar-refractivity contribution is -0.139. The van der Waals surface area contributed by atoms with E-state index in [2.05, 4.69) is 32.8 Å². The van der Waals surface area contributed by atoms with Crippen LogP contribution in [0.3, 0.4) is 0 Å². The second kappa shape index (κ2) is 5.96. The Balaban J connectivity index is 1.53. The minimum absolute atomic E-state index is 0.171. The highest BCUT2D eigenvalue weighted by molar-refractivity contribution is 5.80. The van der Waals surface area contributed by atoms with Gasteiger partial charge in [-0.2, -0.15) is 0 Å². The molecule has 0 spiro atoms. The third-order valence-corrected chi connectivity index (χ3v) is 5.15. The molecule has 0 aliphatic carbocycles. The summed E-state index contributed by atoms with van der Waals surface area (Å²) in [6.07, 6.45) is 3.23. The summed E-state index contributed by atoms with van der Waals surface area (Å²) in [5, 5.41) is 0. The van der Waals surface area contributed by atoms with E-state index in [0.29, 0.717) is 11.9 Å². The number of H-pyrrole nitrogens is 1. The number of benzene rings is 1. The largest absolute Gasteiger partial charge is 0.341 e. The van der Waals surface area contributed by atoms with Crippen molar-refractivity contribution in [3.63, 3.8) is 0 Å². The number of nitrogens with zero attached hydrogens (tertiary/aromatic N) is 3. The molecule has 5 heteroatoms. The molecule has 0 radical (unpaired) electrons. The molecule has 5 rings (SSSR count). The standard InChI is InChI=1S/C18H24N4O/c1-2-9-22-14-8-7-13(18(22)23)10-21(11-14)12-17-19-15-5-3-4-6-16(15)20-17/h3-6,13-14H,2,7-12H2,1H3,(H,19,20)/t13-,14+/m0/s1. The number of aromatic nitrogens is 2. The maximum absolute atomic E-state index is 12.6. The molecule has 1 aromatic carbocycles. The highest BCUT2D eigenvalue weighted by atomic mass is 16.2. The van der Waals surface area contributed by atoms with E-state index in [4.69, 9.17) is 0 Å². The molecule has 1 N–H and O–H groups in total. The molecule has 3 aliphatic rings. The van der Waals surface area contributed by atoms with Crippen molar-refractivity contribution in [2.24, 2.45) is 5.92 Å². The fourth-order valence-electron chi connectivity index (χ4n) is 4.09. The van der Waals surface area contributed by atoms with Crippen molar-refractivity contribution >= 4 is 16.9 Å². The van der Waals surface area contributed by atoms with E-state index < -0.39 is 0 Å². The topological polar surface area (TPSA) is 52.2 Å². The van der Waals surface area contributed by atoms with Gasteiger partial charge < -0.3 is 9.88 Å². The summed E-state index contributed by atoms with van der Waals surface area (Å²) >= 11 is 0. The van der Waals surface area contributed by atoms with Crippen LogP contribution in [0.15, 0.2) is 24.3 Å². The molecule has 4 heterocycles. The van der Waals surface area contributed by atoms with Crippen LogP contribution < -0.4 is 0 Å². The molecular weight excluding hydrogens is 288 g/mol. The first kappa shape index (κ1) is 14.7. The fourth-order valence-corrected chi connectivity index (χ4v) is 4.09. The minimum Gasteiger partial charge on any atom is -0.341 e. The van der Waals surface area contributed by atoms with E-state index in [0.717, 1.165) is 62.3 Å². The van der Waals surface area contributed by atoms with E-state index in [1.165, 1.54) is 0 Å². The average molecular weight is 312 g/mol. The zero-order valence-corrected chi connectivity index (χ0v) is 13.7. The molecule has 3 saturated heterocycles. The summed E-state index contributed by atoms with van der Waals surface area (Å²) in [5.41, 5.74) is 2.10. The molecule has 0 saturated carbocycles. The third-order valence-electron chi connectivity index (χ3n) is 5.15. The first-order valence-electron chi connectivity index (χ1n) is 8.71. The highest BCUT2D eigenvalue weighted by Crippen LogP contribution is 2.29. The lowest BCUT2D eigenvalue weighted by Crippen LogP contribution is -2.48. The Bertz CT molecular complexity index is 677. The van der Waals surface area contributed by atoms with Crippen molar-refractivity contribution in [3.05, 3.63) is 30.1 Å². The number of imidazole rings is 1. The van der Waals surface area contributed by atoms with Gasteiger partial charge in [0, 0.05) is 25.7 Å². The van der Waals surface area contributed by atoms with Gasteiger partial charge in [0.2, 0.25) is 5.91 Å². The predicted molar refractivity (Wildman–Crippen MR) is 89.9 cm³/mol. The zero-order valence-electron chi connectivity index (χ0n) is 13.7. The summed E-state index contributed by atoms with van der Waals surface area (Å²) in [4.78, 5) is 25.2. The second-order valence-electron chi connectivity index (χ2n) is 6.85. The van der Waals surface area contributed by atoms with Gasteiger partial charge in [0.1, 0.15) is 5.82 Å². The van der Waals surface area contributed by atoms with Gasteiger partial charge in [-0.15, -0.1) is 0 Å². The fraction of sp³-hybridized carbons (Fsp3) is 0.556. The van der Waals surface area contributed by atoms with Gasteiger partial charge >= 0.3 is 0 Å². The van der Waals surface area contributed by atoms with Crippen LogP contribution in [-0.4, -0.2) is 51.4 Å². The van der Waals surface area contributed by atoms with Crippen LogP contribution in [0.2, 0.25) is 0 Å². The Morgan fingerprint density at radius 1 is 1.26 bits per heavy atom. The van der Waals surface area contributed by atoms with Crippen LogP contribution in [-0.2, 0) is 11.3 Å². The maximum Gasteiger partial charge on any atom is 0.227 e. The maximum atomic E-state index is 12.6. The number of piperidine rings is 1. The monoisotopic (exact) mass is 312 g/mol. The van der Waals surface area contributed by atoms with E-state index in [9.17, 15) is 4.79 Å². The number of para-hydroxylation sites is 2. The minimum atomic E-state index is 0.171. The number of hydrogen-bond donors (Lipinski definition) is 1.